The number of aryl methyl sites for hydroxylation is 1. The molecule has 1 amide bonds. The van der Waals surface area contributed by atoms with Crippen LogP contribution in [0.25, 0.3) is 0 Å². The molecular formula is C14H14N2OS. The van der Waals surface area contributed by atoms with Gasteiger partial charge in [0.1, 0.15) is 0 Å². The Hall–Kier alpha value is -1.94. The van der Waals surface area contributed by atoms with Crippen LogP contribution in [0, 0.1) is 6.92 Å². The van der Waals surface area contributed by atoms with Crippen molar-refractivity contribution < 1.29 is 4.79 Å². The molecule has 0 aromatic heterocycles. The maximum atomic E-state index is 11.4. The summed E-state index contributed by atoms with van der Waals surface area (Å²) in [5.41, 5.74) is 13.5. The molecule has 0 heterocycles. The summed E-state index contributed by atoms with van der Waals surface area (Å²) in [5.74, 6) is -0.461. The molecule has 0 atom stereocenters. The number of hydrogen-bond donors (Lipinski definition) is 2. The third-order valence-electron chi connectivity index (χ3n) is 2.55. The van der Waals surface area contributed by atoms with E-state index in [2.05, 4.69) is 0 Å². The first-order valence-corrected chi connectivity index (χ1v) is 6.32. The number of benzene rings is 2. The van der Waals surface area contributed by atoms with Crippen LogP contribution in [-0.2, 0) is 0 Å². The Morgan fingerprint density at radius 1 is 1.11 bits per heavy atom. The molecule has 2 aromatic rings. The number of nitrogen functional groups attached to an aromatic ring is 1. The summed E-state index contributed by atoms with van der Waals surface area (Å²) >= 11 is 1.45. The zero-order chi connectivity index (χ0) is 13.1. The van der Waals surface area contributed by atoms with E-state index in [0.717, 1.165) is 4.90 Å². The van der Waals surface area contributed by atoms with E-state index in [0.29, 0.717) is 16.1 Å². The van der Waals surface area contributed by atoms with Gasteiger partial charge in [-0.3, -0.25) is 4.79 Å². The quantitative estimate of drug-likeness (QED) is 0.832. The minimum absolute atomic E-state index is 0.459. The highest BCUT2D eigenvalue weighted by molar-refractivity contribution is 7.99. The molecule has 0 aliphatic heterocycles. The first-order valence-electron chi connectivity index (χ1n) is 5.51. The minimum Gasteiger partial charge on any atom is -0.398 e. The molecule has 0 aliphatic rings. The zero-order valence-electron chi connectivity index (χ0n) is 10.0. The summed E-state index contributed by atoms with van der Waals surface area (Å²) in [4.78, 5) is 13.1. The number of carbonyl (C=O) groups excluding carboxylic acids is 1. The summed E-state index contributed by atoms with van der Waals surface area (Å²) in [7, 11) is 0. The maximum absolute atomic E-state index is 11.4. The fourth-order valence-electron chi connectivity index (χ4n) is 1.59. The van der Waals surface area contributed by atoms with E-state index in [1.54, 1.807) is 18.2 Å². The van der Waals surface area contributed by atoms with Gasteiger partial charge in [0.2, 0.25) is 5.91 Å². The van der Waals surface area contributed by atoms with Gasteiger partial charge in [-0.2, -0.15) is 0 Å². The van der Waals surface area contributed by atoms with Crippen LogP contribution in [-0.4, -0.2) is 5.91 Å². The first kappa shape index (κ1) is 12.5. The maximum Gasteiger partial charge on any atom is 0.249 e. The Kier molecular flexibility index (Phi) is 3.58. The van der Waals surface area contributed by atoms with Crippen LogP contribution in [0.4, 0.5) is 5.69 Å². The number of carbonyl (C=O) groups is 1. The van der Waals surface area contributed by atoms with Crippen LogP contribution < -0.4 is 11.5 Å². The molecule has 0 fully saturated rings. The average Bonchev–Trinajstić information content (AvgIpc) is 2.34. The predicted molar refractivity (Wildman–Crippen MR) is 74.7 cm³/mol. The highest BCUT2D eigenvalue weighted by atomic mass is 32.2. The molecule has 0 bridgehead atoms. The lowest BCUT2D eigenvalue weighted by molar-refractivity contribution is 0.0997. The topological polar surface area (TPSA) is 69.1 Å². The second-order valence-electron chi connectivity index (χ2n) is 4.00. The van der Waals surface area contributed by atoms with Gasteiger partial charge in [0, 0.05) is 15.5 Å². The fourth-order valence-corrected chi connectivity index (χ4v) is 2.56. The van der Waals surface area contributed by atoms with E-state index in [-0.39, 0.29) is 0 Å². The van der Waals surface area contributed by atoms with Crippen LogP contribution in [0.1, 0.15) is 15.9 Å². The summed E-state index contributed by atoms with van der Waals surface area (Å²) in [6.07, 6.45) is 0. The highest BCUT2D eigenvalue weighted by Crippen LogP contribution is 2.34. The number of primary amides is 1. The van der Waals surface area contributed by atoms with Crippen molar-refractivity contribution in [1.82, 2.24) is 0 Å². The van der Waals surface area contributed by atoms with Crippen LogP contribution >= 0.6 is 11.8 Å². The molecule has 0 saturated carbocycles. The van der Waals surface area contributed by atoms with E-state index < -0.39 is 5.91 Å². The highest BCUT2D eigenvalue weighted by Gasteiger charge is 2.12. The molecule has 0 unspecified atom stereocenters. The normalized spacial score (nSPS) is 10.3. The lowest BCUT2D eigenvalue weighted by Crippen LogP contribution is -2.12. The van der Waals surface area contributed by atoms with E-state index in [1.165, 1.54) is 17.3 Å². The van der Waals surface area contributed by atoms with Gasteiger partial charge in [-0.15, -0.1) is 0 Å². The van der Waals surface area contributed by atoms with Gasteiger partial charge >= 0.3 is 0 Å². The standard InChI is InChI=1S/C14H14N2OS/c1-9-5-7-10(8-6-9)18-13-11(14(16)17)3-2-4-12(13)15/h2-8H,15H2,1H3,(H2,16,17). The molecule has 2 rings (SSSR count). The van der Waals surface area contributed by atoms with Crippen molar-refractivity contribution >= 4 is 23.4 Å². The largest absolute Gasteiger partial charge is 0.398 e. The average molecular weight is 258 g/mol. The minimum atomic E-state index is -0.461. The Bertz CT molecular complexity index is 579. The van der Waals surface area contributed by atoms with Crippen molar-refractivity contribution in [1.29, 1.82) is 0 Å². The molecule has 2 aromatic carbocycles. The number of amides is 1. The van der Waals surface area contributed by atoms with E-state index in [1.807, 2.05) is 31.2 Å². The van der Waals surface area contributed by atoms with Crippen molar-refractivity contribution in [2.24, 2.45) is 5.73 Å². The Morgan fingerprint density at radius 3 is 2.39 bits per heavy atom. The zero-order valence-corrected chi connectivity index (χ0v) is 10.8. The van der Waals surface area contributed by atoms with Crippen molar-refractivity contribution in [3.05, 3.63) is 53.6 Å². The molecule has 4 heteroatoms. The Balaban J connectivity index is 2.39. The smallest absolute Gasteiger partial charge is 0.249 e. The molecule has 0 saturated heterocycles. The third-order valence-corrected chi connectivity index (χ3v) is 3.72. The lowest BCUT2D eigenvalue weighted by Gasteiger charge is -2.09. The van der Waals surface area contributed by atoms with E-state index >= 15 is 0 Å². The number of rotatable bonds is 3. The van der Waals surface area contributed by atoms with Gasteiger partial charge in [-0.05, 0) is 31.2 Å². The molecule has 0 aliphatic carbocycles. The molecule has 18 heavy (non-hydrogen) atoms. The van der Waals surface area contributed by atoms with Crippen molar-refractivity contribution in [3.8, 4) is 0 Å². The molecule has 4 N–H and O–H groups in total. The van der Waals surface area contributed by atoms with Gasteiger partial charge in [-0.1, -0.05) is 35.5 Å². The molecule has 0 radical (unpaired) electrons. The van der Waals surface area contributed by atoms with Gasteiger partial charge in [-0.25, -0.2) is 0 Å². The molecule has 0 spiro atoms. The van der Waals surface area contributed by atoms with Crippen molar-refractivity contribution in [2.45, 2.75) is 16.7 Å². The van der Waals surface area contributed by atoms with E-state index in [4.69, 9.17) is 11.5 Å². The van der Waals surface area contributed by atoms with Crippen LogP contribution in [0.2, 0.25) is 0 Å². The molecular weight excluding hydrogens is 244 g/mol. The van der Waals surface area contributed by atoms with E-state index in [9.17, 15) is 4.79 Å². The monoisotopic (exact) mass is 258 g/mol. The Labute approximate surface area is 110 Å². The SMILES string of the molecule is Cc1ccc(Sc2c(N)cccc2C(N)=O)cc1. The first-order chi connectivity index (χ1) is 8.58. The molecule has 92 valence electrons. The second kappa shape index (κ2) is 5.14. The number of nitrogens with two attached hydrogens (primary N) is 2. The predicted octanol–water partition coefficient (Wildman–Crippen LogP) is 2.83. The van der Waals surface area contributed by atoms with Gasteiger partial charge < -0.3 is 11.5 Å². The number of anilines is 1. The molecule has 3 nitrogen and oxygen atoms in total. The fraction of sp³-hybridized carbons (Fsp3) is 0.0714. The van der Waals surface area contributed by atoms with Gasteiger partial charge in [0.15, 0.2) is 0 Å². The van der Waals surface area contributed by atoms with Gasteiger partial charge in [0.25, 0.3) is 0 Å². The summed E-state index contributed by atoms with van der Waals surface area (Å²) < 4.78 is 0. The van der Waals surface area contributed by atoms with Crippen molar-refractivity contribution in [3.63, 3.8) is 0 Å². The van der Waals surface area contributed by atoms with Crippen LogP contribution in [0.3, 0.4) is 0 Å². The third kappa shape index (κ3) is 2.65. The van der Waals surface area contributed by atoms with Crippen LogP contribution in [0.5, 0.6) is 0 Å². The summed E-state index contributed by atoms with van der Waals surface area (Å²) in [6.45, 7) is 2.03. The van der Waals surface area contributed by atoms with Crippen LogP contribution in [0.15, 0.2) is 52.3 Å². The second-order valence-corrected chi connectivity index (χ2v) is 5.09. The Morgan fingerprint density at radius 2 is 1.78 bits per heavy atom. The van der Waals surface area contributed by atoms with Crippen molar-refractivity contribution in [2.75, 3.05) is 5.73 Å². The van der Waals surface area contributed by atoms with Gasteiger partial charge in [0.05, 0.1) is 5.56 Å². The lowest BCUT2D eigenvalue weighted by atomic mass is 10.2. The number of hydrogen-bond acceptors (Lipinski definition) is 3. The summed E-state index contributed by atoms with van der Waals surface area (Å²) in [6, 6.07) is 13.2. The summed E-state index contributed by atoms with van der Waals surface area (Å²) in [5, 5.41) is 0.